The number of aryl methyl sites for hydroxylation is 1. The zero-order valence-corrected chi connectivity index (χ0v) is 11.2. The van der Waals surface area contributed by atoms with Gasteiger partial charge in [0.05, 0.1) is 0 Å². The fraction of sp³-hybridized carbons (Fsp3) is 0.533. The average molecular weight is 262 g/mol. The minimum absolute atomic E-state index is 0.0479. The highest BCUT2D eigenvalue weighted by atomic mass is 19.1. The molecule has 1 aromatic carbocycles. The van der Waals surface area contributed by atoms with Gasteiger partial charge in [-0.2, -0.15) is 0 Å². The maximum absolute atomic E-state index is 13.6. The minimum atomic E-state index is -0.305. The average Bonchev–Trinajstić information content (AvgIpc) is 2.72. The van der Waals surface area contributed by atoms with Crippen LogP contribution in [-0.4, -0.2) is 36.0 Å². The van der Waals surface area contributed by atoms with E-state index in [1.165, 1.54) is 12.5 Å². The van der Waals surface area contributed by atoms with Crippen LogP contribution in [0.2, 0.25) is 0 Å². The highest BCUT2D eigenvalue weighted by Gasteiger charge is 2.31. The molecule has 2 heterocycles. The van der Waals surface area contributed by atoms with Gasteiger partial charge in [0.2, 0.25) is 0 Å². The summed E-state index contributed by atoms with van der Waals surface area (Å²) in [5.74, 6) is -0.353. The number of carbonyl (C=O) groups is 1. The summed E-state index contributed by atoms with van der Waals surface area (Å²) in [5.41, 5.74) is 1.04. The highest BCUT2D eigenvalue weighted by Crippen LogP contribution is 2.22. The van der Waals surface area contributed by atoms with Gasteiger partial charge in [0.1, 0.15) is 5.82 Å². The molecule has 3 rings (SSSR count). The third-order valence-electron chi connectivity index (χ3n) is 4.23. The molecule has 0 aromatic heterocycles. The van der Waals surface area contributed by atoms with Gasteiger partial charge in [0.25, 0.3) is 5.91 Å². The summed E-state index contributed by atoms with van der Waals surface area (Å²) in [6.45, 7) is 3.21. The number of rotatable bonds is 1. The molecule has 4 heteroatoms. The predicted molar refractivity (Wildman–Crippen MR) is 71.6 cm³/mol. The van der Waals surface area contributed by atoms with E-state index < -0.39 is 0 Å². The second-order valence-electron chi connectivity index (χ2n) is 5.64. The van der Waals surface area contributed by atoms with Crippen LogP contribution in [0.25, 0.3) is 0 Å². The van der Waals surface area contributed by atoms with Crippen LogP contribution in [0.1, 0.15) is 35.2 Å². The zero-order valence-electron chi connectivity index (χ0n) is 11.2. The zero-order chi connectivity index (χ0) is 13.4. The van der Waals surface area contributed by atoms with Crippen molar-refractivity contribution < 1.29 is 9.18 Å². The molecule has 1 aromatic rings. The smallest absolute Gasteiger partial charge is 0.254 e. The maximum Gasteiger partial charge on any atom is 0.254 e. The molecule has 102 valence electrons. The molecule has 0 spiro atoms. The van der Waals surface area contributed by atoms with Crippen LogP contribution in [0, 0.1) is 12.7 Å². The van der Waals surface area contributed by atoms with E-state index in [1.807, 2.05) is 4.90 Å². The first-order chi connectivity index (χ1) is 9.13. The molecule has 2 aliphatic heterocycles. The Morgan fingerprint density at radius 2 is 2.11 bits per heavy atom. The van der Waals surface area contributed by atoms with Crippen LogP contribution in [0.5, 0.6) is 0 Å². The van der Waals surface area contributed by atoms with Crippen LogP contribution in [0.3, 0.4) is 0 Å². The Hall–Kier alpha value is -1.42. The van der Waals surface area contributed by atoms with Crippen LogP contribution >= 0.6 is 0 Å². The van der Waals surface area contributed by atoms with Gasteiger partial charge in [-0.25, -0.2) is 4.39 Å². The highest BCUT2D eigenvalue weighted by molar-refractivity contribution is 5.94. The van der Waals surface area contributed by atoms with Gasteiger partial charge in [0, 0.05) is 30.7 Å². The Kier molecular flexibility index (Phi) is 3.27. The van der Waals surface area contributed by atoms with Crippen molar-refractivity contribution in [3.8, 4) is 0 Å². The first kappa shape index (κ1) is 12.6. The molecule has 1 N–H and O–H groups in total. The van der Waals surface area contributed by atoms with Crippen LogP contribution < -0.4 is 5.32 Å². The number of fused-ring (bicyclic) bond motifs is 2. The predicted octanol–water partition coefficient (Wildman–Crippen LogP) is 2.10. The SMILES string of the molecule is Cc1ccc(C(=O)N2CCC3CCC(C2)N3)cc1F. The first-order valence-electron chi connectivity index (χ1n) is 6.95. The third kappa shape index (κ3) is 2.50. The maximum atomic E-state index is 13.6. The lowest BCUT2D eigenvalue weighted by atomic mass is 10.1. The first-order valence-corrected chi connectivity index (χ1v) is 6.95. The van der Waals surface area contributed by atoms with Crippen LogP contribution in [-0.2, 0) is 0 Å². The summed E-state index contributed by atoms with van der Waals surface area (Å²) in [6.07, 6.45) is 3.35. The summed E-state index contributed by atoms with van der Waals surface area (Å²) < 4.78 is 13.6. The Bertz CT molecular complexity index is 503. The molecule has 0 saturated carbocycles. The molecule has 2 aliphatic rings. The Labute approximate surface area is 112 Å². The standard InChI is InChI=1S/C15H19FN2O/c1-10-2-3-11(8-14(10)16)15(19)18-7-6-12-4-5-13(9-18)17-12/h2-3,8,12-13,17H,4-7,9H2,1H3. The van der Waals surface area contributed by atoms with E-state index in [9.17, 15) is 9.18 Å². The quantitative estimate of drug-likeness (QED) is 0.840. The minimum Gasteiger partial charge on any atom is -0.337 e. The molecule has 19 heavy (non-hydrogen) atoms. The fourth-order valence-electron chi connectivity index (χ4n) is 3.04. The Morgan fingerprint density at radius 1 is 1.32 bits per heavy atom. The van der Waals surface area contributed by atoms with E-state index in [2.05, 4.69) is 5.32 Å². The van der Waals surface area contributed by atoms with Gasteiger partial charge in [-0.05, 0) is 43.9 Å². The number of hydrogen-bond donors (Lipinski definition) is 1. The van der Waals surface area contributed by atoms with Crippen molar-refractivity contribution in [1.82, 2.24) is 10.2 Å². The van der Waals surface area contributed by atoms with E-state index >= 15 is 0 Å². The lowest BCUT2D eigenvalue weighted by Crippen LogP contribution is -2.39. The molecule has 0 aliphatic carbocycles. The largest absolute Gasteiger partial charge is 0.337 e. The van der Waals surface area contributed by atoms with Crippen molar-refractivity contribution in [3.05, 3.63) is 35.1 Å². The van der Waals surface area contributed by atoms with Gasteiger partial charge in [-0.1, -0.05) is 6.07 Å². The summed E-state index contributed by atoms with van der Waals surface area (Å²) in [4.78, 5) is 14.3. The van der Waals surface area contributed by atoms with E-state index in [4.69, 9.17) is 0 Å². The summed E-state index contributed by atoms with van der Waals surface area (Å²) in [7, 11) is 0. The number of halogens is 1. The van der Waals surface area contributed by atoms with E-state index in [-0.39, 0.29) is 11.7 Å². The fourth-order valence-corrected chi connectivity index (χ4v) is 3.04. The second-order valence-corrected chi connectivity index (χ2v) is 5.64. The molecular weight excluding hydrogens is 243 g/mol. The lowest BCUT2D eigenvalue weighted by Gasteiger charge is -2.24. The number of likely N-dealkylation sites (tertiary alicyclic amines) is 1. The van der Waals surface area contributed by atoms with Crippen LogP contribution in [0.15, 0.2) is 18.2 Å². The summed E-state index contributed by atoms with van der Waals surface area (Å²) >= 11 is 0. The van der Waals surface area contributed by atoms with Crippen molar-refractivity contribution in [2.24, 2.45) is 0 Å². The lowest BCUT2D eigenvalue weighted by molar-refractivity contribution is 0.0747. The van der Waals surface area contributed by atoms with E-state index in [0.717, 1.165) is 25.9 Å². The van der Waals surface area contributed by atoms with Gasteiger partial charge >= 0.3 is 0 Å². The summed E-state index contributed by atoms with van der Waals surface area (Å²) in [5, 5.41) is 3.54. The van der Waals surface area contributed by atoms with Crippen molar-refractivity contribution in [3.63, 3.8) is 0 Å². The number of nitrogens with one attached hydrogen (secondary N) is 1. The van der Waals surface area contributed by atoms with Gasteiger partial charge in [-0.15, -0.1) is 0 Å². The Morgan fingerprint density at radius 3 is 2.89 bits per heavy atom. The topological polar surface area (TPSA) is 32.3 Å². The third-order valence-corrected chi connectivity index (χ3v) is 4.23. The summed E-state index contributed by atoms with van der Waals surface area (Å²) in [6, 6.07) is 5.71. The van der Waals surface area contributed by atoms with Crippen molar-refractivity contribution in [2.45, 2.75) is 38.3 Å². The monoisotopic (exact) mass is 262 g/mol. The van der Waals surface area contributed by atoms with Crippen molar-refractivity contribution in [1.29, 1.82) is 0 Å². The number of benzene rings is 1. The molecule has 3 nitrogen and oxygen atoms in total. The van der Waals surface area contributed by atoms with Gasteiger partial charge in [0.15, 0.2) is 0 Å². The molecule has 0 radical (unpaired) electrons. The number of carbonyl (C=O) groups excluding carboxylic acids is 1. The number of nitrogens with zero attached hydrogens (tertiary/aromatic N) is 1. The normalized spacial score (nSPS) is 26.3. The van der Waals surface area contributed by atoms with Crippen molar-refractivity contribution in [2.75, 3.05) is 13.1 Å². The molecule has 1 amide bonds. The Balaban J connectivity index is 1.77. The second kappa shape index (κ2) is 4.93. The van der Waals surface area contributed by atoms with E-state index in [0.29, 0.717) is 23.2 Å². The number of amides is 1. The molecular formula is C15H19FN2O. The molecule has 2 bridgehead atoms. The molecule has 2 atom stereocenters. The van der Waals surface area contributed by atoms with Gasteiger partial charge in [-0.3, -0.25) is 4.79 Å². The molecule has 2 unspecified atom stereocenters. The van der Waals surface area contributed by atoms with E-state index in [1.54, 1.807) is 19.1 Å². The van der Waals surface area contributed by atoms with Gasteiger partial charge < -0.3 is 10.2 Å². The molecule has 2 saturated heterocycles. The van der Waals surface area contributed by atoms with Crippen molar-refractivity contribution >= 4 is 5.91 Å². The molecule has 2 fully saturated rings. The number of hydrogen-bond acceptors (Lipinski definition) is 2. The van der Waals surface area contributed by atoms with Crippen LogP contribution in [0.4, 0.5) is 4.39 Å².